The first-order chi connectivity index (χ1) is 14.0. The number of hydrogen-bond donors (Lipinski definition) is 2. The zero-order valence-corrected chi connectivity index (χ0v) is 18.7. The molecule has 3 rings (SSSR count). The van der Waals surface area contributed by atoms with Crippen LogP contribution in [0.15, 0.2) is 42.5 Å². The summed E-state index contributed by atoms with van der Waals surface area (Å²) in [4.78, 5) is 11.5. The Kier molecular flexibility index (Phi) is 9.92. The highest BCUT2D eigenvalue weighted by atomic mass is 35.5. The largest absolute Gasteiger partial charge is 0.489 e. The van der Waals surface area contributed by atoms with E-state index in [2.05, 4.69) is 11.4 Å². The van der Waals surface area contributed by atoms with Crippen LogP contribution in [-0.4, -0.2) is 36.9 Å². The van der Waals surface area contributed by atoms with Crippen molar-refractivity contribution in [3.63, 3.8) is 0 Å². The van der Waals surface area contributed by atoms with Crippen molar-refractivity contribution in [2.45, 2.75) is 44.8 Å². The second-order valence-corrected chi connectivity index (χ2v) is 7.69. The van der Waals surface area contributed by atoms with Gasteiger partial charge in [0.15, 0.2) is 0 Å². The number of fused-ring (bicyclic) bond motifs is 1. The van der Waals surface area contributed by atoms with Crippen LogP contribution in [0.25, 0.3) is 0 Å². The number of hydrogen-bond acceptors (Lipinski definition) is 5. The molecule has 2 atom stereocenters. The summed E-state index contributed by atoms with van der Waals surface area (Å²) in [5.74, 6) is 0.742. The number of rotatable bonds is 9. The molecule has 1 aliphatic rings. The molecule has 1 unspecified atom stereocenters. The van der Waals surface area contributed by atoms with Crippen LogP contribution >= 0.6 is 24.0 Å². The minimum absolute atomic E-state index is 0. The van der Waals surface area contributed by atoms with Gasteiger partial charge in [-0.25, -0.2) is 0 Å². The fourth-order valence-electron chi connectivity index (χ4n) is 3.49. The number of aliphatic hydroxyl groups excluding tert-OH is 1. The van der Waals surface area contributed by atoms with Gasteiger partial charge in [0.25, 0.3) is 0 Å². The van der Waals surface area contributed by atoms with E-state index in [1.807, 2.05) is 31.2 Å². The van der Waals surface area contributed by atoms with E-state index in [1.54, 1.807) is 12.1 Å². The maximum absolute atomic E-state index is 11.5. The lowest BCUT2D eigenvalue weighted by Gasteiger charge is -2.27. The topological polar surface area (TPSA) is 67.8 Å². The highest BCUT2D eigenvalue weighted by molar-refractivity contribution is 6.30. The van der Waals surface area contributed by atoms with Gasteiger partial charge in [-0.1, -0.05) is 35.9 Å². The van der Waals surface area contributed by atoms with Crippen molar-refractivity contribution in [2.75, 3.05) is 19.7 Å². The summed E-state index contributed by atoms with van der Waals surface area (Å²) in [6.07, 6.45) is 2.39. The molecule has 30 heavy (non-hydrogen) atoms. The SMILES string of the molecule is CCOC(=O)CCc1ccc2c(c1)CCC(CNC[C@H](O)c1cccc(Cl)c1)O2.Cl. The van der Waals surface area contributed by atoms with Gasteiger partial charge in [-0.15, -0.1) is 12.4 Å². The molecule has 164 valence electrons. The summed E-state index contributed by atoms with van der Waals surface area (Å²) in [7, 11) is 0. The predicted octanol–water partition coefficient (Wildman–Crippen LogP) is 4.27. The average Bonchev–Trinajstić information content (AvgIpc) is 2.72. The monoisotopic (exact) mass is 453 g/mol. The summed E-state index contributed by atoms with van der Waals surface area (Å²) in [5, 5.41) is 14.2. The van der Waals surface area contributed by atoms with Crippen LogP contribution in [0.2, 0.25) is 5.02 Å². The molecule has 0 aliphatic carbocycles. The van der Waals surface area contributed by atoms with Crippen molar-refractivity contribution in [1.29, 1.82) is 0 Å². The van der Waals surface area contributed by atoms with Crippen molar-refractivity contribution in [3.8, 4) is 5.75 Å². The number of esters is 1. The minimum Gasteiger partial charge on any atom is -0.489 e. The number of carbonyl (C=O) groups is 1. The Balaban J connectivity index is 0.00000320. The van der Waals surface area contributed by atoms with Crippen molar-refractivity contribution >= 4 is 30.0 Å². The molecule has 2 N–H and O–H groups in total. The molecule has 0 saturated carbocycles. The average molecular weight is 454 g/mol. The third-order valence-corrected chi connectivity index (χ3v) is 5.26. The number of aliphatic hydroxyl groups is 1. The van der Waals surface area contributed by atoms with E-state index in [0.29, 0.717) is 37.6 Å². The van der Waals surface area contributed by atoms with Crippen molar-refractivity contribution in [1.82, 2.24) is 5.32 Å². The molecule has 1 aliphatic heterocycles. The molecule has 1 heterocycles. The van der Waals surface area contributed by atoms with E-state index in [-0.39, 0.29) is 24.5 Å². The number of nitrogens with one attached hydrogen (secondary N) is 1. The van der Waals surface area contributed by atoms with E-state index in [1.165, 1.54) is 5.56 Å². The van der Waals surface area contributed by atoms with Gasteiger partial charge in [-0.3, -0.25) is 4.79 Å². The molecule has 0 spiro atoms. The summed E-state index contributed by atoms with van der Waals surface area (Å²) >= 11 is 5.98. The molecule has 0 aromatic heterocycles. The zero-order chi connectivity index (χ0) is 20.6. The van der Waals surface area contributed by atoms with Crippen molar-refractivity contribution < 1.29 is 19.4 Å². The van der Waals surface area contributed by atoms with E-state index >= 15 is 0 Å². The van der Waals surface area contributed by atoms with Gasteiger partial charge in [0.05, 0.1) is 12.7 Å². The zero-order valence-electron chi connectivity index (χ0n) is 17.1. The number of carbonyl (C=O) groups excluding carboxylic acids is 1. The fourth-order valence-corrected chi connectivity index (χ4v) is 3.69. The Morgan fingerprint density at radius 2 is 2.17 bits per heavy atom. The van der Waals surface area contributed by atoms with Crippen LogP contribution < -0.4 is 10.1 Å². The molecule has 0 saturated heterocycles. The molecule has 0 fully saturated rings. The van der Waals surface area contributed by atoms with Gasteiger partial charge in [-0.05, 0) is 61.1 Å². The van der Waals surface area contributed by atoms with Crippen LogP contribution in [0.4, 0.5) is 0 Å². The highest BCUT2D eigenvalue weighted by Gasteiger charge is 2.20. The van der Waals surface area contributed by atoms with Gasteiger partial charge in [0, 0.05) is 24.5 Å². The van der Waals surface area contributed by atoms with E-state index in [0.717, 1.165) is 29.7 Å². The Hall–Kier alpha value is -1.79. The van der Waals surface area contributed by atoms with Crippen molar-refractivity contribution in [2.24, 2.45) is 0 Å². The number of ether oxygens (including phenoxy) is 2. The predicted molar refractivity (Wildman–Crippen MR) is 121 cm³/mol. The van der Waals surface area contributed by atoms with E-state index < -0.39 is 6.10 Å². The molecular formula is C23H29Cl2NO4. The smallest absolute Gasteiger partial charge is 0.306 e. The molecule has 0 bridgehead atoms. The normalized spacial score (nSPS) is 16.0. The molecule has 2 aromatic rings. The maximum Gasteiger partial charge on any atom is 0.306 e. The van der Waals surface area contributed by atoms with Gasteiger partial charge in [0.1, 0.15) is 11.9 Å². The lowest BCUT2D eigenvalue weighted by Crippen LogP contribution is -2.36. The van der Waals surface area contributed by atoms with E-state index in [4.69, 9.17) is 21.1 Å². The number of benzene rings is 2. The maximum atomic E-state index is 11.5. The second kappa shape index (κ2) is 12.2. The Labute approximate surface area is 189 Å². The first kappa shape index (κ1) is 24.5. The molecule has 7 heteroatoms. The van der Waals surface area contributed by atoms with Crippen LogP contribution in [-0.2, 0) is 22.4 Å². The minimum atomic E-state index is -0.605. The van der Waals surface area contributed by atoms with Gasteiger partial charge >= 0.3 is 5.97 Å². The van der Waals surface area contributed by atoms with Gasteiger partial charge in [0.2, 0.25) is 0 Å². The molecule has 5 nitrogen and oxygen atoms in total. The summed E-state index contributed by atoms with van der Waals surface area (Å²) < 4.78 is 11.1. The number of halogens is 2. The molecular weight excluding hydrogens is 425 g/mol. The number of aryl methyl sites for hydroxylation is 2. The Bertz CT molecular complexity index is 831. The molecule has 0 amide bonds. The van der Waals surface area contributed by atoms with E-state index in [9.17, 15) is 9.90 Å². The summed E-state index contributed by atoms with van der Waals surface area (Å²) in [6.45, 7) is 3.35. The third kappa shape index (κ3) is 7.17. The van der Waals surface area contributed by atoms with Crippen LogP contribution in [0.3, 0.4) is 0 Å². The van der Waals surface area contributed by atoms with Gasteiger partial charge in [-0.2, -0.15) is 0 Å². The molecule has 0 radical (unpaired) electrons. The van der Waals surface area contributed by atoms with Gasteiger partial charge < -0.3 is 19.9 Å². The summed E-state index contributed by atoms with van der Waals surface area (Å²) in [6, 6.07) is 13.4. The molecule has 2 aromatic carbocycles. The van der Waals surface area contributed by atoms with Crippen LogP contribution in [0, 0.1) is 0 Å². The van der Waals surface area contributed by atoms with Crippen LogP contribution in [0.1, 0.15) is 42.6 Å². The summed E-state index contributed by atoms with van der Waals surface area (Å²) in [5.41, 5.74) is 3.11. The Morgan fingerprint density at radius 3 is 2.93 bits per heavy atom. The fraction of sp³-hybridized carbons (Fsp3) is 0.435. The Morgan fingerprint density at radius 1 is 1.33 bits per heavy atom. The van der Waals surface area contributed by atoms with Crippen molar-refractivity contribution in [3.05, 3.63) is 64.2 Å². The standard InChI is InChI=1S/C23H28ClNO4.ClH/c1-2-28-23(27)11-7-16-6-10-22-18(12-16)8-9-20(29-22)14-25-15-21(26)17-4-3-5-19(24)13-17;/h3-6,10,12-13,20-21,25-26H,2,7-9,11,14-15H2,1H3;1H/t20?,21-;/m0./s1. The lowest BCUT2D eigenvalue weighted by atomic mass is 9.98. The first-order valence-electron chi connectivity index (χ1n) is 10.1. The van der Waals surface area contributed by atoms with Crippen LogP contribution in [0.5, 0.6) is 5.75 Å². The first-order valence-corrected chi connectivity index (χ1v) is 10.5. The third-order valence-electron chi connectivity index (χ3n) is 5.02. The second-order valence-electron chi connectivity index (χ2n) is 7.25. The lowest BCUT2D eigenvalue weighted by molar-refractivity contribution is -0.143. The highest BCUT2D eigenvalue weighted by Crippen LogP contribution is 2.29. The quantitative estimate of drug-likeness (QED) is 0.554.